The van der Waals surface area contributed by atoms with Gasteiger partial charge in [-0.2, -0.15) is 0 Å². The van der Waals surface area contributed by atoms with Crippen LogP contribution in [0.3, 0.4) is 0 Å². The molecule has 1 atom stereocenters. The normalized spacial score (nSPS) is 12.2. The fraction of sp³-hybridized carbons (Fsp3) is 0.300. The number of nitrogens with one attached hydrogen (secondary N) is 2. The molecule has 0 fully saturated rings. The molecule has 1 amide bonds. The molecule has 0 radical (unpaired) electrons. The van der Waals surface area contributed by atoms with E-state index in [0.717, 1.165) is 5.56 Å². The van der Waals surface area contributed by atoms with Crippen LogP contribution >= 0.6 is 0 Å². The van der Waals surface area contributed by atoms with Crippen molar-refractivity contribution >= 4 is 27.6 Å². The third-order valence-corrected chi connectivity index (χ3v) is 5.73. The average Bonchev–Trinajstić information content (AvgIpc) is 2.67. The van der Waals surface area contributed by atoms with E-state index in [-0.39, 0.29) is 16.5 Å². The Balaban J connectivity index is 1.94. The van der Waals surface area contributed by atoms with Gasteiger partial charge in [-0.25, -0.2) is 17.9 Å². The Bertz CT molecular complexity index is 939. The molecule has 28 heavy (non-hydrogen) atoms. The number of ether oxygens (including phenoxy) is 1. The molecule has 150 valence electrons. The largest absolute Gasteiger partial charge is 0.452 e. The van der Waals surface area contributed by atoms with Crippen LogP contribution < -0.4 is 10.0 Å². The lowest BCUT2D eigenvalue weighted by atomic mass is 10.2. The lowest BCUT2D eigenvalue weighted by Gasteiger charge is -2.12. The van der Waals surface area contributed by atoms with Gasteiger partial charge in [0.25, 0.3) is 5.91 Å². The molecule has 0 aliphatic rings. The topological polar surface area (TPSA) is 102 Å². The predicted octanol–water partition coefficient (Wildman–Crippen LogP) is 2.87. The van der Waals surface area contributed by atoms with Gasteiger partial charge in [-0.1, -0.05) is 25.1 Å². The summed E-state index contributed by atoms with van der Waals surface area (Å²) in [4.78, 5) is 24.1. The minimum atomic E-state index is -3.64. The zero-order chi connectivity index (χ0) is 20.7. The summed E-state index contributed by atoms with van der Waals surface area (Å²) >= 11 is 0. The number of esters is 1. The molecule has 2 aromatic carbocycles. The Morgan fingerprint density at radius 2 is 1.71 bits per heavy atom. The molecule has 0 aliphatic heterocycles. The van der Waals surface area contributed by atoms with E-state index in [1.165, 1.54) is 24.3 Å². The molecule has 2 aromatic rings. The Labute approximate surface area is 165 Å². The highest BCUT2D eigenvalue weighted by Crippen LogP contribution is 2.14. The van der Waals surface area contributed by atoms with Gasteiger partial charge in [-0.3, -0.25) is 4.79 Å². The molecule has 0 aromatic heterocycles. The number of carbonyl (C=O) groups is 2. The van der Waals surface area contributed by atoms with E-state index in [0.29, 0.717) is 12.1 Å². The van der Waals surface area contributed by atoms with Gasteiger partial charge in [0.05, 0.1) is 10.5 Å². The van der Waals surface area contributed by atoms with Crippen molar-refractivity contribution in [2.24, 2.45) is 0 Å². The van der Waals surface area contributed by atoms with Gasteiger partial charge in [0.1, 0.15) is 0 Å². The van der Waals surface area contributed by atoms with Crippen molar-refractivity contribution in [1.29, 1.82) is 0 Å². The second-order valence-corrected chi connectivity index (χ2v) is 8.11. The van der Waals surface area contributed by atoms with Crippen LogP contribution in [-0.4, -0.2) is 32.9 Å². The summed E-state index contributed by atoms with van der Waals surface area (Å²) in [6.45, 7) is 5.06. The first kappa shape index (κ1) is 21.6. The van der Waals surface area contributed by atoms with Crippen LogP contribution in [0.25, 0.3) is 0 Å². The van der Waals surface area contributed by atoms with Crippen LogP contribution in [-0.2, 0) is 19.6 Å². The molecular weight excluding hydrogens is 380 g/mol. The minimum absolute atomic E-state index is 0.0571. The summed E-state index contributed by atoms with van der Waals surface area (Å²) < 4.78 is 32.0. The third kappa shape index (κ3) is 5.90. The lowest BCUT2D eigenvalue weighted by molar-refractivity contribution is -0.119. The van der Waals surface area contributed by atoms with E-state index in [1.807, 2.05) is 26.0 Å². The molecule has 7 nitrogen and oxygen atoms in total. The highest BCUT2D eigenvalue weighted by molar-refractivity contribution is 7.89. The second-order valence-electron chi connectivity index (χ2n) is 6.39. The van der Waals surface area contributed by atoms with Crippen molar-refractivity contribution in [2.45, 2.75) is 38.1 Å². The molecule has 0 aliphatic carbocycles. The van der Waals surface area contributed by atoms with Crippen LogP contribution in [0.15, 0.2) is 53.4 Å². The summed E-state index contributed by atoms with van der Waals surface area (Å²) in [6, 6.07) is 12.4. The zero-order valence-corrected chi connectivity index (χ0v) is 16.9. The van der Waals surface area contributed by atoms with Gasteiger partial charge < -0.3 is 10.1 Å². The first-order valence-electron chi connectivity index (χ1n) is 8.88. The Kier molecular flexibility index (Phi) is 7.31. The quantitative estimate of drug-likeness (QED) is 0.659. The SMILES string of the molecule is CCC(C)NS(=O)(=O)c1ccc(C(=O)OCC(=O)Nc2ccccc2C)cc1. The van der Waals surface area contributed by atoms with E-state index in [1.54, 1.807) is 19.1 Å². The molecule has 8 heteroatoms. The number of benzene rings is 2. The molecule has 2 N–H and O–H groups in total. The fourth-order valence-corrected chi connectivity index (χ4v) is 3.63. The molecule has 0 saturated heterocycles. The second kappa shape index (κ2) is 9.48. The van der Waals surface area contributed by atoms with E-state index >= 15 is 0 Å². The number of hydrogen-bond donors (Lipinski definition) is 2. The van der Waals surface area contributed by atoms with Crippen molar-refractivity contribution in [2.75, 3.05) is 11.9 Å². The van der Waals surface area contributed by atoms with E-state index in [9.17, 15) is 18.0 Å². The van der Waals surface area contributed by atoms with Crippen molar-refractivity contribution < 1.29 is 22.7 Å². The highest BCUT2D eigenvalue weighted by Gasteiger charge is 2.18. The maximum atomic E-state index is 12.2. The monoisotopic (exact) mass is 404 g/mol. The molecule has 2 rings (SSSR count). The Hall–Kier alpha value is -2.71. The van der Waals surface area contributed by atoms with Gasteiger partial charge >= 0.3 is 5.97 Å². The summed E-state index contributed by atoms with van der Waals surface area (Å²) in [5, 5.41) is 2.67. The predicted molar refractivity (Wildman–Crippen MR) is 107 cm³/mol. The van der Waals surface area contributed by atoms with Crippen LogP contribution in [0, 0.1) is 6.92 Å². The number of amides is 1. The Morgan fingerprint density at radius 1 is 1.07 bits per heavy atom. The number of anilines is 1. The zero-order valence-electron chi connectivity index (χ0n) is 16.1. The summed E-state index contributed by atoms with van der Waals surface area (Å²) in [5.41, 5.74) is 1.70. The van der Waals surface area contributed by atoms with Gasteiger partial charge in [0.2, 0.25) is 10.0 Å². The smallest absolute Gasteiger partial charge is 0.338 e. The number of para-hydroxylation sites is 1. The van der Waals surface area contributed by atoms with E-state index < -0.39 is 28.5 Å². The van der Waals surface area contributed by atoms with Crippen LogP contribution in [0.2, 0.25) is 0 Å². The number of carbonyl (C=O) groups excluding carboxylic acids is 2. The first-order chi connectivity index (χ1) is 13.2. The number of sulfonamides is 1. The van der Waals surface area contributed by atoms with E-state index in [2.05, 4.69) is 10.0 Å². The maximum absolute atomic E-state index is 12.2. The average molecular weight is 404 g/mol. The molecular formula is C20H24N2O5S. The molecule has 1 unspecified atom stereocenters. The Morgan fingerprint density at radius 3 is 2.32 bits per heavy atom. The number of aryl methyl sites for hydroxylation is 1. The van der Waals surface area contributed by atoms with Crippen LogP contribution in [0.5, 0.6) is 0 Å². The van der Waals surface area contributed by atoms with Crippen molar-refractivity contribution in [3.05, 3.63) is 59.7 Å². The molecule has 0 heterocycles. The molecule has 0 saturated carbocycles. The van der Waals surface area contributed by atoms with Crippen LogP contribution in [0.4, 0.5) is 5.69 Å². The third-order valence-electron chi connectivity index (χ3n) is 4.12. The lowest BCUT2D eigenvalue weighted by Crippen LogP contribution is -2.32. The number of hydrogen-bond acceptors (Lipinski definition) is 5. The first-order valence-corrected chi connectivity index (χ1v) is 10.4. The van der Waals surface area contributed by atoms with Crippen LogP contribution in [0.1, 0.15) is 36.2 Å². The fourth-order valence-electron chi connectivity index (χ4n) is 2.30. The van der Waals surface area contributed by atoms with Gasteiger partial charge in [-0.05, 0) is 56.2 Å². The standard InChI is InChI=1S/C20H24N2O5S/c1-4-15(3)22-28(25,26)17-11-9-16(10-12-17)20(24)27-13-19(23)21-18-8-6-5-7-14(18)2/h5-12,15,22H,4,13H2,1-3H3,(H,21,23). The van der Waals surface area contributed by atoms with Gasteiger partial charge in [0.15, 0.2) is 6.61 Å². The molecule has 0 spiro atoms. The summed E-state index contributed by atoms with van der Waals surface area (Å²) in [5.74, 6) is -1.17. The van der Waals surface area contributed by atoms with Gasteiger partial charge in [-0.15, -0.1) is 0 Å². The molecule has 0 bridgehead atoms. The van der Waals surface area contributed by atoms with Crippen molar-refractivity contribution in [3.8, 4) is 0 Å². The highest BCUT2D eigenvalue weighted by atomic mass is 32.2. The van der Waals surface area contributed by atoms with Gasteiger partial charge in [0, 0.05) is 11.7 Å². The number of rotatable bonds is 8. The van der Waals surface area contributed by atoms with Crippen molar-refractivity contribution in [3.63, 3.8) is 0 Å². The van der Waals surface area contributed by atoms with E-state index in [4.69, 9.17) is 4.74 Å². The summed E-state index contributed by atoms with van der Waals surface area (Å²) in [6.07, 6.45) is 0.661. The maximum Gasteiger partial charge on any atom is 0.338 e. The minimum Gasteiger partial charge on any atom is -0.452 e. The van der Waals surface area contributed by atoms with Crippen molar-refractivity contribution in [1.82, 2.24) is 4.72 Å². The summed E-state index contributed by atoms with van der Waals surface area (Å²) in [7, 11) is -3.64.